The second kappa shape index (κ2) is 5.61. The van der Waals surface area contributed by atoms with Gasteiger partial charge in [-0.05, 0) is 37.0 Å². The van der Waals surface area contributed by atoms with E-state index in [1.54, 1.807) is 7.11 Å². The molecule has 5 nitrogen and oxygen atoms in total. The molecule has 0 amide bonds. The minimum absolute atomic E-state index is 0.0148. The van der Waals surface area contributed by atoms with Gasteiger partial charge in [0, 0.05) is 13.5 Å². The van der Waals surface area contributed by atoms with E-state index in [4.69, 9.17) is 32.7 Å². The first kappa shape index (κ1) is 13.4. The third kappa shape index (κ3) is 4.47. The molecule has 0 aliphatic rings. The van der Waals surface area contributed by atoms with Crippen molar-refractivity contribution in [1.82, 2.24) is 15.0 Å². The Labute approximate surface area is 104 Å². The largest absolute Gasteiger partial charge is 0.463 e. The normalized spacial score (nSPS) is 11.6. The molecule has 0 fully saturated rings. The van der Waals surface area contributed by atoms with E-state index >= 15 is 0 Å². The highest BCUT2D eigenvalue weighted by Crippen LogP contribution is 2.15. The maximum absolute atomic E-state index is 5.59. The molecule has 0 aromatic carbocycles. The SMILES string of the molecule is COC(C)(C)CCOc1nc(Cl)nc(Cl)n1. The van der Waals surface area contributed by atoms with Crippen LogP contribution in [0.2, 0.25) is 10.6 Å². The minimum Gasteiger partial charge on any atom is -0.463 e. The van der Waals surface area contributed by atoms with Crippen LogP contribution >= 0.6 is 23.2 Å². The van der Waals surface area contributed by atoms with Crippen molar-refractivity contribution in [2.24, 2.45) is 0 Å². The van der Waals surface area contributed by atoms with Gasteiger partial charge in [-0.3, -0.25) is 0 Å². The van der Waals surface area contributed by atoms with Crippen LogP contribution in [0.15, 0.2) is 0 Å². The Morgan fingerprint density at radius 3 is 2.19 bits per heavy atom. The summed E-state index contributed by atoms with van der Waals surface area (Å²) in [5, 5.41) is 0.0296. The molecule has 0 saturated carbocycles. The standard InChI is InChI=1S/C9H13Cl2N3O2/c1-9(2,15-3)4-5-16-8-13-6(10)12-7(11)14-8/h4-5H2,1-3H3. The first-order chi connectivity index (χ1) is 7.43. The topological polar surface area (TPSA) is 57.1 Å². The summed E-state index contributed by atoms with van der Waals surface area (Å²) in [6.07, 6.45) is 0.699. The van der Waals surface area contributed by atoms with Gasteiger partial charge in [0.25, 0.3) is 0 Å². The molecule has 90 valence electrons. The molecular formula is C9H13Cl2N3O2. The highest BCUT2D eigenvalue weighted by molar-refractivity contribution is 6.31. The Balaban J connectivity index is 2.49. The van der Waals surface area contributed by atoms with E-state index in [0.29, 0.717) is 13.0 Å². The van der Waals surface area contributed by atoms with E-state index in [9.17, 15) is 0 Å². The fraction of sp³-hybridized carbons (Fsp3) is 0.667. The van der Waals surface area contributed by atoms with Crippen LogP contribution in [0.25, 0.3) is 0 Å². The maximum atomic E-state index is 5.59. The zero-order valence-corrected chi connectivity index (χ0v) is 10.8. The lowest BCUT2D eigenvalue weighted by molar-refractivity contribution is 0.00466. The molecule has 1 heterocycles. The fourth-order valence-corrected chi connectivity index (χ4v) is 1.21. The zero-order chi connectivity index (χ0) is 12.2. The van der Waals surface area contributed by atoms with Crippen molar-refractivity contribution < 1.29 is 9.47 Å². The molecule has 0 aliphatic heterocycles. The monoisotopic (exact) mass is 265 g/mol. The van der Waals surface area contributed by atoms with E-state index in [1.807, 2.05) is 13.8 Å². The Morgan fingerprint density at radius 2 is 1.69 bits per heavy atom. The van der Waals surface area contributed by atoms with Gasteiger partial charge in [-0.15, -0.1) is 0 Å². The van der Waals surface area contributed by atoms with Gasteiger partial charge in [0.2, 0.25) is 10.6 Å². The first-order valence-corrected chi connectivity index (χ1v) is 5.43. The van der Waals surface area contributed by atoms with Crippen LogP contribution < -0.4 is 4.74 Å². The van der Waals surface area contributed by atoms with Gasteiger partial charge < -0.3 is 9.47 Å². The van der Waals surface area contributed by atoms with Gasteiger partial charge in [-0.2, -0.15) is 15.0 Å². The van der Waals surface area contributed by atoms with Crippen LogP contribution in [0.5, 0.6) is 6.01 Å². The summed E-state index contributed by atoms with van der Waals surface area (Å²) in [7, 11) is 1.65. The maximum Gasteiger partial charge on any atom is 0.322 e. The van der Waals surface area contributed by atoms with E-state index in [1.165, 1.54) is 0 Å². The third-order valence-corrected chi connectivity index (χ3v) is 2.39. The summed E-state index contributed by atoms with van der Waals surface area (Å²) in [5.74, 6) is 0. The van der Waals surface area contributed by atoms with Gasteiger partial charge >= 0.3 is 6.01 Å². The molecule has 0 aliphatic carbocycles. The number of hydrogen-bond donors (Lipinski definition) is 0. The second-order valence-corrected chi connectivity index (χ2v) is 4.39. The summed E-state index contributed by atoms with van der Waals surface area (Å²) in [6.45, 7) is 4.34. The summed E-state index contributed by atoms with van der Waals surface area (Å²) in [6, 6.07) is 0.122. The molecule has 1 aromatic rings. The number of halogens is 2. The predicted molar refractivity (Wildman–Crippen MR) is 61.0 cm³/mol. The van der Waals surface area contributed by atoms with Crippen LogP contribution in [0, 0.1) is 0 Å². The van der Waals surface area contributed by atoms with Crippen LogP contribution in [-0.4, -0.2) is 34.3 Å². The summed E-state index contributed by atoms with van der Waals surface area (Å²) in [5.41, 5.74) is -0.249. The van der Waals surface area contributed by atoms with Gasteiger partial charge in [0.15, 0.2) is 0 Å². The second-order valence-electron chi connectivity index (χ2n) is 3.72. The quantitative estimate of drug-likeness (QED) is 0.818. The van der Waals surface area contributed by atoms with Crippen molar-refractivity contribution in [3.8, 4) is 6.01 Å². The number of methoxy groups -OCH3 is 1. The van der Waals surface area contributed by atoms with E-state index in [-0.39, 0.29) is 22.2 Å². The van der Waals surface area contributed by atoms with Gasteiger partial charge in [-0.1, -0.05) is 0 Å². The minimum atomic E-state index is -0.249. The Hall–Kier alpha value is -0.650. The van der Waals surface area contributed by atoms with Crippen LogP contribution in [0.3, 0.4) is 0 Å². The summed E-state index contributed by atoms with van der Waals surface area (Å²) in [4.78, 5) is 11.2. The van der Waals surface area contributed by atoms with Crippen LogP contribution in [0.1, 0.15) is 20.3 Å². The van der Waals surface area contributed by atoms with Crippen LogP contribution in [-0.2, 0) is 4.74 Å². The molecule has 0 spiro atoms. The number of aromatic nitrogens is 3. The molecule has 1 rings (SSSR count). The van der Waals surface area contributed by atoms with E-state index < -0.39 is 0 Å². The molecule has 0 saturated heterocycles. The van der Waals surface area contributed by atoms with Crippen molar-refractivity contribution in [3.63, 3.8) is 0 Å². The molecule has 0 bridgehead atoms. The van der Waals surface area contributed by atoms with Gasteiger partial charge in [-0.25, -0.2) is 0 Å². The lowest BCUT2D eigenvalue weighted by atomic mass is 10.1. The fourth-order valence-electron chi connectivity index (χ4n) is 0.864. The average Bonchev–Trinajstić information content (AvgIpc) is 2.16. The Morgan fingerprint density at radius 1 is 1.12 bits per heavy atom. The molecule has 16 heavy (non-hydrogen) atoms. The molecule has 7 heteroatoms. The number of nitrogens with zero attached hydrogens (tertiary/aromatic N) is 3. The Kier molecular flexibility index (Phi) is 4.70. The summed E-state index contributed by atoms with van der Waals surface area (Å²) < 4.78 is 10.5. The van der Waals surface area contributed by atoms with Gasteiger partial charge in [0.1, 0.15) is 0 Å². The highest BCUT2D eigenvalue weighted by Gasteiger charge is 2.16. The Bertz CT molecular complexity index is 340. The third-order valence-electron chi connectivity index (χ3n) is 2.05. The van der Waals surface area contributed by atoms with E-state index in [2.05, 4.69) is 15.0 Å². The molecule has 0 N–H and O–H groups in total. The molecular weight excluding hydrogens is 253 g/mol. The van der Waals surface area contributed by atoms with Crippen molar-refractivity contribution >= 4 is 23.2 Å². The van der Waals surface area contributed by atoms with Crippen molar-refractivity contribution in [1.29, 1.82) is 0 Å². The van der Waals surface area contributed by atoms with Crippen LogP contribution in [0.4, 0.5) is 0 Å². The lowest BCUT2D eigenvalue weighted by Gasteiger charge is -2.22. The van der Waals surface area contributed by atoms with Crippen molar-refractivity contribution in [2.75, 3.05) is 13.7 Å². The summed E-state index contributed by atoms with van der Waals surface area (Å²) >= 11 is 11.2. The number of ether oxygens (including phenoxy) is 2. The predicted octanol–water partition coefficient (Wildman–Crippen LogP) is 2.37. The number of rotatable bonds is 5. The molecule has 0 radical (unpaired) electrons. The van der Waals surface area contributed by atoms with Gasteiger partial charge in [0.05, 0.1) is 12.2 Å². The molecule has 1 aromatic heterocycles. The smallest absolute Gasteiger partial charge is 0.322 e. The average molecular weight is 266 g/mol. The van der Waals surface area contributed by atoms with Crippen molar-refractivity contribution in [2.45, 2.75) is 25.9 Å². The molecule has 0 atom stereocenters. The highest BCUT2D eigenvalue weighted by atomic mass is 35.5. The zero-order valence-electron chi connectivity index (χ0n) is 9.33. The number of hydrogen-bond acceptors (Lipinski definition) is 5. The van der Waals surface area contributed by atoms with Crippen molar-refractivity contribution in [3.05, 3.63) is 10.6 Å². The van der Waals surface area contributed by atoms with E-state index in [0.717, 1.165) is 0 Å². The lowest BCUT2D eigenvalue weighted by Crippen LogP contribution is -2.25. The molecule has 0 unspecified atom stereocenters. The first-order valence-electron chi connectivity index (χ1n) is 4.68.